The highest BCUT2D eigenvalue weighted by atomic mass is 79.9. The molecule has 3 aromatic rings. The van der Waals surface area contributed by atoms with Crippen LogP contribution in [0.25, 0.3) is 0 Å². The average molecular weight is 517 g/mol. The number of hydrogen-bond donors (Lipinski definition) is 2. The van der Waals surface area contributed by atoms with Gasteiger partial charge < -0.3 is 19.6 Å². The number of aliphatic carboxylic acids is 1. The lowest BCUT2D eigenvalue weighted by Gasteiger charge is -2.12. The molecule has 32 heavy (non-hydrogen) atoms. The number of fused-ring (bicyclic) bond motifs is 1. The molecular weight excluding hydrogens is 496 g/mol. The number of nitrogens with zero attached hydrogens (tertiary/aromatic N) is 1. The number of thiophene rings is 1. The van der Waals surface area contributed by atoms with Crippen molar-refractivity contribution in [1.29, 1.82) is 0 Å². The summed E-state index contributed by atoms with van der Waals surface area (Å²) in [5, 5.41) is 12.4. The maximum Gasteiger partial charge on any atom is 0.341 e. The molecule has 0 spiro atoms. The molecule has 1 aliphatic carbocycles. The molecule has 9 heteroatoms. The first-order valence-corrected chi connectivity index (χ1v) is 11.8. The van der Waals surface area contributed by atoms with Crippen molar-refractivity contribution in [1.82, 2.24) is 5.32 Å². The van der Waals surface area contributed by atoms with Crippen LogP contribution in [0.15, 0.2) is 50.5 Å². The Morgan fingerprint density at radius 1 is 1.28 bits per heavy atom. The Labute approximate surface area is 197 Å². The number of benzene rings is 1. The topological polar surface area (TPSA) is 101 Å². The number of ether oxygens (including phenoxy) is 1. The lowest BCUT2D eigenvalue weighted by Crippen LogP contribution is -2.23. The molecule has 0 saturated heterocycles. The number of rotatable bonds is 8. The first-order valence-electron chi connectivity index (χ1n) is 10.1. The molecule has 1 amide bonds. The summed E-state index contributed by atoms with van der Waals surface area (Å²) in [6, 6.07) is 8.88. The fraction of sp³-hybridized carbons (Fsp3) is 0.261. The minimum Gasteiger partial charge on any atom is -0.481 e. The number of carbonyl (C=O) groups excluding carboxylic acids is 1. The number of carbonyl (C=O) groups is 2. The predicted octanol–water partition coefficient (Wildman–Crippen LogP) is 5.13. The van der Waals surface area contributed by atoms with Crippen LogP contribution < -0.4 is 10.1 Å². The normalized spacial score (nSPS) is 13.2. The van der Waals surface area contributed by atoms with E-state index in [1.165, 1.54) is 4.88 Å². The van der Waals surface area contributed by atoms with Gasteiger partial charge in [-0.1, -0.05) is 0 Å². The summed E-state index contributed by atoms with van der Waals surface area (Å²) in [5.74, 6) is -0.0507. The van der Waals surface area contributed by atoms with Gasteiger partial charge >= 0.3 is 5.97 Å². The van der Waals surface area contributed by atoms with Crippen LogP contribution >= 0.6 is 27.3 Å². The summed E-state index contributed by atoms with van der Waals surface area (Å²) in [5.41, 5.74) is 2.55. The molecule has 2 N–H and O–H groups in total. The summed E-state index contributed by atoms with van der Waals surface area (Å²) in [6.07, 6.45) is 7.32. The van der Waals surface area contributed by atoms with Gasteiger partial charge in [-0.3, -0.25) is 4.79 Å². The largest absolute Gasteiger partial charge is 0.481 e. The van der Waals surface area contributed by atoms with Gasteiger partial charge in [0.15, 0.2) is 6.61 Å². The van der Waals surface area contributed by atoms with E-state index in [0.29, 0.717) is 33.1 Å². The number of aryl methyl sites for hydroxylation is 1. The number of furan rings is 1. The number of nitrogens with one attached hydrogen (secondary N) is 1. The summed E-state index contributed by atoms with van der Waals surface area (Å²) in [4.78, 5) is 29.6. The fourth-order valence-corrected chi connectivity index (χ4v) is 5.27. The molecule has 0 bridgehead atoms. The molecule has 0 saturated carbocycles. The van der Waals surface area contributed by atoms with Crippen LogP contribution in [-0.4, -0.2) is 29.8 Å². The highest BCUT2D eigenvalue weighted by Gasteiger charge is 2.25. The third kappa shape index (κ3) is 5.28. The van der Waals surface area contributed by atoms with E-state index in [4.69, 9.17) is 14.3 Å². The Kier molecular flexibility index (Phi) is 7.06. The minimum atomic E-state index is -1.04. The third-order valence-corrected chi connectivity index (χ3v) is 6.84. The molecule has 0 unspecified atom stereocenters. The maximum absolute atomic E-state index is 13.0. The molecule has 0 aliphatic heterocycles. The lowest BCUT2D eigenvalue weighted by molar-refractivity contribution is -0.139. The van der Waals surface area contributed by atoms with E-state index in [-0.39, 0.29) is 5.91 Å². The zero-order valence-corrected chi connectivity index (χ0v) is 19.5. The van der Waals surface area contributed by atoms with Crippen LogP contribution in [0.2, 0.25) is 0 Å². The second-order valence-electron chi connectivity index (χ2n) is 7.28. The highest BCUT2D eigenvalue weighted by molar-refractivity contribution is 9.10. The maximum atomic E-state index is 13.0. The van der Waals surface area contributed by atoms with Gasteiger partial charge in [0.05, 0.1) is 22.8 Å². The predicted molar refractivity (Wildman–Crippen MR) is 125 cm³/mol. The van der Waals surface area contributed by atoms with E-state index in [0.717, 1.165) is 36.8 Å². The summed E-state index contributed by atoms with van der Waals surface area (Å²) in [6.45, 7) is -0.0897. The summed E-state index contributed by atoms with van der Waals surface area (Å²) < 4.78 is 11.2. The third-order valence-electron chi connectivity index (χ3n) is 5.02. The zero-order chi connectivity index (χ0) is 22.5. The van der Waals surface area contributed by atoms with Crippen molar-refractivity contribution in [2.24, 2.45) is 4.99 Å². The van der Waals surface area contributed by atoms with Crippen LogP contribution in [0.3, 0.4) is 0 Å². The van der Waals surface area contributed by atoms with Gasteiger partial charge in [-0.25, -0.2) is 9.79 Å². The molecule has 0 atom stereocenters. The first kappa shape index (κ1) is 22.3. The lowest BCUT2D eigenvalue weighted by atomic mass is 9.95. The van der Waals surface area contributed by atoms with Crippen LogP contribution in [0.4, 0.5) is 5.00 Å². The van der Waals surface area contributed by atoms with Gasteiger partial charge in [0.25, 0.3) is 5.91 Å². The van der Waals surface area contributed by atoms with Crippen molar-refractivity contribution in [3.8, 4) is 5.75 Å². The standard InChI is InChI=1S/C23H21BrN2O5S/c24-17-10-14(7-8-18(17)31-13-20(27)28)11-26-23-21(16-5-1-2-6-19(16)32-23)22(29)25-12-15-4-3-9-30-15/h3-4,7-11H,1-2,5-6,12-13H2,(H,25,29)(H,27,28). The van der Waals surface area contributed by atoms with Crippen LogP contribution in [0.1, 0.15) is 45.0 Å². The molecule has 2 aromatic heterocycles. The molecule has 4 rings (SSSR count). The highest BCUT2D eigenvalue weighted by Crippen LogP contribution is 2.40. The number of hydrogen-bond acceptors (Lipinski definition) is 6. The van der Waals surface area contributed by atoms with Gasteiger partial charge in [-0.05, 0) is 83.1 Å². The molecule has 2 heterocycles. The minimum absolute atomic E-state index is 0.147. The van der Waals surface area contributed by atoms with E-state index >= 15 is 0 Å². The van der Waals surface area contributed by atoms with Crippen molar-refractivity contribution in [2.45, 2.75) is 32.2 Å². The fourth-order valence-electron chi connectivity index (χ4n) is 3.53. The molecule has 166 valence electrons. The van der Waals surface area contributed by atoms with Crippen LogP contribution in [-0.2, 0) is 24.2 Å². The van der Waals surface area contributed by atoms with Crippen molar-refractivity contribution >= 4 is 50.4 Å². The van der Waals surface area contributed by atoms with Crippen molar-refractivity contribution in [2.75, 3.05) is 6.61 Å². The molecular formula is C23H21BrN2O5S. The van der Waals surface area contributed by atoms with Crippen molar-refractivity contribution in [3.05, 3.63) is 68.4 Å². The SMILES string of the molecule is O=C(O)COc1ccc(C=Nc2sc3c(c2C(=O)NCc2ccco2)CCCC3)cc1Br. The summed E-state index contributed by atoms with van der Waals surface area (Å²) >= 11 is 4.96. The van der Waals surface area contributed by atoms with E-state index in [1.54, 1.807) is 48.1 Å². The molecule has 0 radical (unpaired) electrons. The molecule has 7 nitrogen and oxygen atoms in total. The Morgan fingerprint density at radius 2 is 2.12 bits per heavy atom. The van der Waals surface area contributed by atoms with Crippen molar-refractivity contribution < 1.29 is 23.8 Å². The Hall–Kier alpha value is -2.91. The Morgan fingerprint density at radius 3 is 2.88 bits per heavy atom. The van der Waals surface area contributed by atoms with Gasteiger partial charge in [-0.2, -0.15) is 0 Å². The van der Waals surface area contributed by atoms with Crippen LogP contribution in [0.5, 0.6) is 5.75 Å². The van der Waals surface area contributed by atoms with Crippen LogP contribution in [0, 0.1) is 0 Å². The van der Waals surface area contributed by atoms with Gasteiger partial charge in [0, 0.05) is 11.1 Å². The number of aliphatic imine (C=N–C) groups is 1. The molecule has 1 aliphatic rings. The molecule has 0 fully saturated rings. The van der Waals surface area contributed by atoms with E-state index < -0.39 is 12.6 Å². The van der Waals surface area contributed by atoms with Crippen molar-refractivity contribution in [3.63, 3.8) is 0 Å². The number of halogens is 1. The first-order chi connectivity index (χ1) is 15.5. The van der Waals surface area contributed by atoms with E-state index in [2.05, 4.69) is 26.2 Å². The monoisotopic (exact) mass is 516 g/mol. The Balaban J connectivity index is 1.55. The smallest absolute Gasteiger partial charge is 0.341 e. The Bertz CT molecular complexity index is 1150. The molecule has 1 aromatic carbocycles. The van der Waals surface area contributed by atoms with Gasteiger partial charge in [0.1, 0.15) is 16.5 Å². The number of carboxylic acid groups (broad SMARTS) is 1. The average Bonchev–Trinajstić information content (AvgIpc) is 3.42. The summed E-state index contributed by atoms with van der Waals surface area (Å²) in [7, 11) is 0. The van der Waals surface area contributed by atoms with Gasteiger partial charge in [-0.15, -0.1) is 11.3 Å². The zero-order valence-electron chi connectivity index (χ0n) is 17.1. The van der Waals surface area contributed by atoms with Gasteiger partial charge in [0.2, 0.25) is 0 Å². The van der Waals surface area contributed by atoms with E-state index in [9.17, 15) is 9.59 Å². The quantitative estimate of drug-likeness (QED) is 0.404. The number of carboxylic acids is 1. The second kappa shape index (κ2) is 10.1. The van der Waals surface area contributed by atoms with E-state index in [1.807, 2.05) is 6.07 Å². The number of amides is 1. The second-order valence-corrected chi connectivity index (χ2v) is 9.22.